The molecule has 2 nitrogen and oxygen atoms in total. The molecule has 1 aliphatic rings. The molecule has 2 heteroatoms. The van der Waals surface area contributed by atoms with Gasteiger partial charge in [0, 0.05) is 26.6 Å². The van der Waals surface area contributed by atoms with Crippen LogP contribution in [0.15, 0.2) is 85.9 Å². The van der Waals surface area contributed by atoms with E-state index in [4.69, 9.17) is 0 Å². The number of hydrogen-bond donors (Lipinski definition) is 0. The molecule has 1 aliphatic heterocycles. The van der Waals surface area contributed by atoms with Gasteiger partial charge in [-0.1, -0.05) is 67.1 Å². The largest absolute Gasteiger partial charge is 0.360 e. The molecule has 1 saturated heterocycles. The van der Waals surface area contributed by atoms with E-state index in [1.807, 2.05) is 7.05 Å². The van der Waals surface area contributed by atoms with Crippen LogP contribution in [0.1, 0.15) is 49.3 Å². The van der Waals surface area contributed by atoms with Crippen molar-refractivity contribution in [1.82, 2.24) is 4.90 Å². The molecule has 3 rings (SSSR count). The summed E-state index contributed by atoms with van der Waals surface area (Å²) in [5.74, 6) is 1.32. The lowest BCUT2D eigenvalue weighted by atomic mass is 10.0. The molecule has 29 heavy (non-hydrogen) atoms. The fourth-order valence-corrected chi connectivity index (χ4v) is 3.29. The van der Waals surface area contributed by atoms with Crippen molar-refractivity contribution < 1.29 is 0 Å². The first-order valence-electron chi connectivity index (χ1n) is 10.5. The Bertz CT molecular complexity index is 672. The maximum atomic E-state index is 4.29. The van der Waals surface area contributed by atoms with Crippen molar-refractivity contribution in [2.75, 3.05) is 20.1 Å². The minimum Gasteiger partial charge on any atom is -0.360 e. The number of hydrogen-bond acceptors (Lipinski definition) is 1. The quantitative estimate of drug-likeness (QED) is 0.507. The summed E-state index contributed by atoms with van der Waals surface area (Å²) in [6.07, 6.45) is 6.13. The van der Waals surface area contributed by atoms with Gasteiger partial charge in [0.05, 0.1) is 5.84 Å². The van der Waals surface area contributed by atoms with Gasteiger partial charge < -0.3 is 4.90 Å². The third kappa shape index (κ3) is 11.1. The zero-order valence-corrected chi connectivity index (χ0v) is 18.9. The fourth-order valence-electron chi connectivity index (χ4n) is 3.29. The Labute approximate surface area is 179 Å². The van der Waals surface area contributed by atoms with Crippen LogP contribution in [-0.2, 0) is 6.42 Å². The van der Waals surface area contributed by atoms with E-state index in [1.54, 1.807) is 0 Å². The summed E-state index contributed by atoms with van der Waals surface area (Å²) in [4.78, 5) is 6.71. The van der Waals surface area contributed by atoms with Crippen molar-refractivity contribution in [2.24, 2.45) is 4.99 Å². The minimum atomic E-state index is 1.03. The smallest absolute Gasteiger partial charge is 0.0985 e. The number of piperidine rings is 1. The van der Waals surface area contributed by atoms with E-state index in [0.29, 0.717) is 0 Å². The molecule has 0 spiro atoms. The molecule has 0 amide bonds. The number of aryl methyl sites for hydroxylation is 1. The second-order valence-electron chi connectivity index (χ2n) is 6.74. The van der Waals surface area contributed by atoms with E-state index >= 15 is 0 Å². The Morgan fingerprint density at radius 3 is 2.14 bits per heavy atom. The predicted octanol–water partition coefficient (Wildman–Crippen LogP) is 7.10. The van der Waals surface area contributed by atoms with E-state index in [1.165, 1.54) is 61.3 Å². The second-order valence-corrected chi connectivity index (χ2v) is 6.74. The highest BCUT2D eigenvalue weighted by atomic mass is 15.2. The monoisotopic (exact) mass is 392 g/mol. The summed E-state index contributed by atoms with van der Waals surface area (Å²) in [5, 5.41) is 0. The second kappa shape index (κ2) is 17.5. The fraction of sp³-hybridized carbons (Fsp3) is 0.370. The molecule has 1 heterocycles. The molecule has 0 saturated carbocycles. The molecular formula is C27H40N2. The molecule has 0 unspecified atom stereocenters. The summed E-state index contributed by atoms with van der Waals surface area (Å²) in [6.45, 7) is 18.8. The van der Waals surface area contributed by atoms with Gasteiger partial charge in [-0.05, 0) is 43.7 Å². The number of likely N-dealkylation sites (tertiary alicyclic amines) is 1. The van der Waals surface area contributed by atoms with Crippen LogP contribution in [0.5, 0.6) is 0 Å². The molecule has 2 aromatic rings. The predicted molar refractivity (Wildman–Crippen MR) is 132 cm³/mol. The van der Waals surface area contributed by atoms with Crippen LogP contribution >= 0.6 is 0 Å². The molecule has 0 N–H and O–H groups in total. The van der Waals surface area contributed by atoms with Crippen molar-refractivity contribution >= 4 is 5.84 Å². The summed E-state index contributed by atoms with van der Waals surface area (Å²) in [5.41, 5.74) is 4.09. The van der Waals surface area contributed by atoms with E-state index in [0.717, 1.165) is 6.42 Å². The molecule has 0 atom stereocenters. The van der Waals surface area contributed by atoms with Crippen LogP contribution in [0.25, 0.3) is 0 Å². The van der Waals surface area contributed by atoms with Gasteiger partial charge in [0.25, 0.3) is 0 Å². The van der Waals surface area contributed by atoms with Gasteiger partial charge in [-0.2, -0.15) is 0 Å². The van der Waals surface area contributed by atoms with Crippen molar-refractivity contribution in [3.63, 3.8) is 0 Å². The maximum absolute atomic E-state index is 4.29. The van der Waals surface area contributed by atoms with E-state index < -0.39 is 0 Å². The number of aliphatic imine (C=N–C) groups is 1. The van der Waals surface area contributed by atoms with E-state index in [9.17, 15) is 0 Å². The lowest BCUT2D eigenvalue weighted by Crippen LogP contribution is -2.35. The zero-order valence-electron chi connectivity index (χ0n) is 18.9. The van der Waals surface area contributed by atoms with Crippen LogP contribution in [-0.4, -0.2) is 30.9 Å². The Morgan fingerprint density at radius 2 is 1.55 bits per heavy atom. The number of amidine groups is 1. The van der Waals surface area contributed by atoms with Crippen molar-refractivity contribution in [3.05, 3.63) is 97.6 Å². The highest BCUT2D eigenvalue weighted by Crippen LogP contribution is 2.12. The molecule has 0 radical (unpaired) electrons. The van der Waals surface area contributed by atoms with Crippen molar-refractivity contribution in [3.8, 4) is 0 Å². The lowest BCUT2D eigenvalue weighted by Gasteiger charge is -2.29. The normalized spacial score (nSPS) is 13.8. The van der Waals surface area contributed by atoms with Crippen LogP contribution in [0.2, 0.25) is 0 Å². The molecule has 1 fully saturated rings. The molecule has 2 aromatic carbocycles. The number of nitrogens with zero attached hydrogens (tertiary/aromatic N) is 2. The SMILES string of the molecule is C=C.C=C.CCCN1CCCCC1=NC.Cc1cccc(Cc2ccccc2)c1. The van der Waals surface area contributed by atoms with Crippen LogP contribution in [0.3, 0.4) is 0 Å². The topological polar surface area (TPSA) is 15.6 Å². The third-order valence-electron chi connectivity index (χ3n) is 4.53. The lowest BCUT2D eigenvalue weighted by molar-refractivity contribution is 0.369. The summed E-state index contributed by atoms with van der Waals surface area (Å²) in [7, 11) is 1.91. The van der Waals surface area contributed by atoms with Gasteiger partial charge in [0.2, 0.25) is 0 Å². The van der Waals surface area contributed by atoms with Crippen molar-refractivity contribution in [2.45, 2.75) is 46.0 Å². The van der Waals surface area contributed by atoms with Crippen LogP contribution in [0, 0.1) is 6.92 Å². The Hall–Kier alpha value is -2.61. The Balaban J connectivity index is 0.000000472. The molecular weight excluding hydrogens is 352 g/mol. The summed E-state index contributed by atoms with van der Waals surface area (Å²) >= 11 is 0. The average molecular weight is 393 g/mol. The van der Waals surface area contributed by atoms with Crippen LogP contribution in [0.4, 0.5) is 0 Å². The number of benzene rings is 2. The zero-order chi connectivity index (χ0) is 21.9. The van der Waals surface area contributed by atoms with Gasteiger partial charge in [-0.25, -0.2) is 0 Å². The van der Waals surface area contributed by atoms with Gasteiger partial charge in [0.15, 0.2) is 0 Å². The third-order valence-corrected chi connectivity index (χ3v) is 4.53. The van der Waals surface area contributed by atoms with E-state index in [-0.39, 0.29) is 0 Å². The molecule has 0 bridgehead atoms. The first kappa shape index (κ1) is 26.4. The number of rotatable bonds is 4. The van der Waals surface area contributed by atoms with Gasteiger partial charge >= 0.3 is 0 Å². The molecule has 0 aliphatic carbocycles. The highest BCUT2D eigenvalue weighted by molar-refractivity contribution is 5.82. The first-order valence-corrected chi connectivity index (χ1v) is 10.5. The average Bonchev–Trinajstić information content (AvgIpc) is 2.78. The van der Waals surface area contributed by atoms with Gasteiger partial charge in [-0.15, -0.1) is 26.3 Å². The minimum absolute atomic E-state index is 1.03. The standard InChI is InChI=1S/C14H14.C9H18N2.2C2H4/c1-12-6-5-9-14(10-12)11-13-7-3-2-4-8-13;1-3-7-11-8-5-4-6-9(11)10-2;2*1-2/h2-10H,11H2,1H3;3-8H2,1-2H3;2*1-2H2. The summed E-state index contributed by atoms with van der Waals surface area (Å²) in [6, 6.07) is 19.2. The van der Waals surface area contributed by atoms with Gasteiger partial charge in [0.1, 0.15) is 0 Å². The van der Waals surface area contributed by atoms with E-state index in [2.05, 4.69) is 105 Å². The van der Waals surface area contributed by atoms with Crippen LogP contribution < -0.4 is 0 Å². The van der Waals surface area contributed by atoms with Gasteiger partial charge in [-0.3, -0.25) is 4.99 Å². The maximum Gasteiger partial charge on any atom is 0.0985 e. The van der Waals surface area contributed by atoms with Crippen molar-refractivity contribution in [1.29, 1.82) is 0 Å². The summed E-state index contributed by atoms with van der Waals surface area (Å²) < 4.78 is 0. The Morgan fingerprint density at radius 1 is 0.897 bits per heavy atom. The first-order chi connectivity index (χ1) is 14.2. The molecule has 0 aromatic heterocycles. The highest BCUT2D eigenvalue weighted by Gasteiger charge is 2.13. The molecule has 158 valence electrons. The Kier molecular flexibility index (Phi) is 15.9.